The molecule has 0 bridgehead atoms. The molecule has 0 aliphatic carbocycles. The fraction of sp³-hybridized carbons (Fsp3) is 0.231. The zero-order chi connectivity index (χ0) is 13.7. The molecule has 0 radical (unpaired) electrons. The number of hydrogen-bond donors (Lipinski definition) is 3. The number of rotatable bonds is 5. The summed E-state index contributed by atoms with van der Waals surface area (Å²) >= 11 is 0. The number of hydrazine groups is 1. The third kappa shape index (κ3) is 3.18. The monoisotopic (exact) mass is 259 g/mol. The van der Waals surface area contributed by atoms with Crippen molar-refractivity contribution >= 4 is 17.3 Å². The van der Waals surface area contributed by atoms with Crippen molar-refractivity contribution < 1.29 is 4.74 Å². The molecule has 1 aromatic heterocycles. The van der Waals surface area contributed by atoms with Gasteiger partial charge in [0.25, 0.3) is 0 Å². The van der Waals surface area contributed by atoms with Crippen molar-refractivity contribution in [1.82, 2.24) is 9.97 Å². The predicted octanol–water partition coefficient (Wildman–Crippen LogP) is 1.96. The van der Waals surface area contributed by atoms with Crippen LogP contribution in [0.5, 0.6) is 0 Å². The summed E-state index contributed by atoms with van der Waals surface area (Å²) in [7, 11) is 1.68. The molecule has 0 aliphatic rings. The van der Waals surface area contributed by atoms with Gasteiger partial charge in [-0.2, -0.15) is 0 Å². The maximum Gasteiger partial charge on any atom is 0.148 e. The lowest BCUT2D eigenvalue weighted by Crippen LogP contribution is -2.11. The van der Waals surface area contributed by atoms with E-state index in [2.05, 4.69) is 20.7 Å². The van der Waals surface area contributed by atoms with E-state index in [-0.39, 0.29) is 0 Å². The lowest BCUT2D eigenvalue weighted by atomic mass is 10.2. The molecular weight excluding hydrogens is 242 g/mol. The summed E-state index contributed by atoms with van der Waals surface area (Å²) in [5.74, 6) is 6.71. The van der Waals surface area contributed by atoms with Gasteiger partial charge in [-0.05, 0) is 24.6 Å². The van der Waals surface area contributed by atoms with Crippen LogP contribution in [0.3, 0.4) is 0 Å². The topological polar surface area (TPSA) is 85.1 Å². The average molecular weight is 259 g/mol. The molecule has 0 saturated heterocycles. The van der Waals surface area contributed by atoms with Crippen molar-refractivity contribution in [2.45, 2.75) is 13.5 Å². The highest BCUT2D eigenvalue weighted by molar-refractivity contribution is 5.64. The zero-order valence-corrected chi connectivity index (χ0v) is 11.0. The van der Waals surface area contributed by atoms with Crippen LogP contribution in [0.2, 0.25) is 0 Å². The average Bonchev–Trinajstić information content (AvgIpc) is 2.43. The smallest absolute Gasteiger partial charge is 0.148 e. The second kappa shape index (κ2) is 6.12. The maximum absolute atomic E-state index is 5.38. The van der Waals surface area contributed by atoms with E-state index in [9.17, 15) is 0 Å². The van der Waals surface area contributed by atoms with E-state index in [0.29, 0.717) is 12.4 Å². The Morgan fingerprint density at radius 3 is 2.47 bits per heavy atom. The second-order valence-corrected chi connectivity index (χ2v) is 4.10. The summed E-state index contributed by atoms with van der Waals surface area (Å²) in [6, 6.07) is 7.96. The molecule has 0 unspecified atom stereocenters. The van der Waals surface area contributed by atoms with E-state index in [1.54, 1.807) is 7.11 Å². The quantitative estimate of drug-likeness (QED) is 0.562. The Morgan fingerprint density at radius 2 is 1.84 bits per heavy atom. The van der Waals surface area contributed by atoms with E-state index in [4.69, 9.17) is 10.6 Å². The molecule has 1 heterocycles. The zero-order valence-electron chi connectivity index (χ0n) is 11.0. The SMILES string of the molecule is COCc1ccc(Nc2ncnc(NN)c2C)cc1. The molecule has 6 nitrogen and oxygen atoms in total. The van der Waals surface area contributed by atoms with Gasteiger partial charge in [-0.15, -0.1) is 0 Å². The van der Waals surface area contributed by atoms with Crippen LogP contribution in [0, 0.1) is 6.92 Å². The first-order valence-electron chi connectivity index (χ1n) is 5.87. The number of methoxy groups -OCH3 is 1. The number of nitrogens with two attached hydrogens (primary N) is 1. The summed E-state index contributed by atoms with van der Waals surface area (Å²) in [6.07, 6.45) is 1.46. The molecule has 0 atom stereocenters. The molecule has 6 heteroatoms. The molecule has 4 N–H and O–H groups in total. The number of ether oxygens (including phenoxy) is 1. The van der Waals surface area contributed by atoms with Crippen molar-refractivity contribution in [2.75, 3.05) is 17.9 Å². The van der Waals surface area contributed by atoms with Crippen molar-refractivity contribution in [3.05, 3.63) is 41.7 Å². The maximum atomic E-state index is 5.38. The number of aromatic nitrogens is 2. The number of nitrogens with zero attached hydrogens (tertiary/aromatic N) is 2. The molecule has 0 saturated carbocycles. The Hall–Kier alpha value is -2.18. The molecule has 0 aliphatic heterocycles. The van der Waals surface area contributed by atoms with Crippen molar-refractivity contribution in [3.8, 4) is 0 Å². The first kappa shape index (κ1) is 13.3. The van der Waals surface area contributed by atoms with Gasteiger partial charge in [0, 0.05) is 18.4 Å². The van der Waals surface area contributed by atoms with E-state index >= 15 is 0 Å². The lowest BCUT2D eigenvalue weighted by molar-refractivity contribution is 0.185. The highest BCUT2D eigenvalue weighted by atomic mass is 16.5. The normalized spacial score (nSPS) is 10.3. The van der Waals surface area contributed by atoms with Gasteiger partial charge in [0.1, 0.15) is 18.0 Å². The minimum absolute atomic E-state index is 0.605. The standard InChI is InChI=1S/C13H17N5O/c1-9-12(15-8-16-13(9)18-14)17-11-5-3-10(4-6-11)7-19-2/h3-6,8H,7,14H2,1-2H3,(H2,15,16,17,18). The van der Waals surface area contributed by atoms with Crippen molar-refractivity contribution in [2.24, 2.45) is 5.84 Å². The van der Waals surface area contributed by atoms with E-state index in [1.165, 1.54) is 6.33 Å². The number of benzene rings is 1. The Kier molecular flexibility index (Phi) is 4.27. The minimum atomic E-state index is 0.605. The molecule has 0 amide bonds. The number of anilines is 3. The van der Waals surface area contributed by atoms with Gasteiger partial charge in [-0.25, -0.2) is 15.8 Å². The number of hydrogen-bond acceptors (Lipinski definition) is 6. The van der Waals surface area contributed by atoms with E-state index in [0.717, 1.165) is 22.6 Å². The van der Waals surface area contributed by atoms with E-state index < -0.39 is 0 Å². The fourth-order valence-corrected chi connectivity index (χ4v) is 1.71. The summed E-state index contributed by atoms with van der Waals surface area (Å²) in [6.45, 7) is 2.50. The Morgan fingerprint density at radius 1 is 1.16 bits per heavy atom. The summed E-state index contributed by atoms with van der Waals surface area (Å²) in [5.41, 5.74) is 5.48. The minimum Gasteiger partial charge on any atom is -0.380 e. The molecule has 0 fully saturated rings. The van der Waals surface area contributed by atoms with Crippen LogP contribution in [-0.2, 0) is 11.3 Å². The highest BCUT2D eigenvalue weighted by Gasteiger charge is 2.05. The first-order chi connectivity index (χ1) is 9.24. The number of nitrogens with one attached hydrogen (secondary N) is 2. The van der Waals surface area contributed by atoms with Crippen LogP contribution in [-0.4, -0.2) is 17.1 Å². The number of nitrogen functional groups attached to an aromatic ring is 1. The van der Waals surface area contributed by atoms with Crippen molar-refractivity contribution in [3.63, 3.8) is 0 Å². The van der Waals surface area contributed by atoms with Gasteiger partial charge in [-0.1, -0.05) is 12.1 Å². The molecule has 100 valence electrons. The first-order valence-corrected chi connectivity index (χ1v) is 5.87. The van der Waals surface area contributed by atoms with Gasteiger partial charge in [0.15, 0.2) is 0 Å². The lowest BCUT2D eigenvalue weighted by Gasteiger charge is -2.11. The van der Waals surface area contributed by atoms with Crippen LogP contribution in [0.15, 0.2) is 30.6 Å². The van der Waals surface area contributed by atoms with Crippen LogP contribution < -0.4 is 16.6 Å². The highest BCUT2D eigenvalue weighted by Crippen LogP contribution is 2.21. The Bertz CT molecular complexity index is 541. The fourth-order valence-electron chi connectivity index (χ4n) is 1.71. The predicted molar refractivity (Wildman–Crippen MR) is 75.0 cm³/mol. The summed E-state index contributed by atoms with van der Waals surface area (Å²) in [4.78, 5) is 8.23. The van der Waals surface area contributed by atoms with Crippen molar-refractivity contribution in [1.29, 1.82) is 0 Å². The second-order valence-electron chi connectivity index (χ2n) is 4.10. The summed E-state index contributed by atoms with van der Waals surface area (Å²) < 4.78 is 5.07. The third-order valence-electron chi connectivity index (χ3n) is 2.75. The van der Waals surface area contributed by atoms with E-state index in [1.807, 2.05) is 31.2 Å². The van der Waals surface area contributed by atoms with Gasteiger partial charge < -0.3 is 15.5 Å². The molecule has 0 spiro atoms. The third-order valence-corrected chi connectivity index (χ3v) is 2.75. The van der Waals surface area contributed by atoms with Crippen LogP contribution in [0.25, 0.3) is 0 Å². The largest absolute Gasteiger partial charge is 0.380 e. The molecule has 19 heavy (non-hydrogen) atoms. The Labute approximate surface area is 112 Å². The summed E-state index contributed by atoms with van der Waals surface area (Å²) in [5, 5.41) is 3.23. The molecule has 2 rings (SSSR count). The van der Waals surface area contributed by atoms with Crippen LogP contribution in [0.1, 0.15) is 11.1 Å². The van der Waals surface area contributed by atoms with Gasteiger partial charge in [0.2, 0.25) is 0 Å². The molecule has 2 aromatic rings. The molecular formula is C13H17N5O. The van der Waals surface area contributed by atoms with Gasteiger partial charge in [0.05, 0.1) is 6.61 Å². The molecule has 1 aromatic carbocycles. The Balaban J connectivity index is 2.16. The van der Waals surface area contributed by atoms with Crippen LogP contribution in [0.4, 0.5) is 17.3 Å². The van der Waals surface area contributed by atoms with Gasteiger partial charge >= 0.3 is 0 Å². The van der Waals surface area contributed by atoms with Gasteiger partial charge in [-0.3, -0.25) is 0 Å². The van der Waals surface area contributed by atoms with Crippen LogP contribution >= 0.6 is 0 Å².